The highest BCUT2D eigenvalue weighted by Gasteiger charge is 2.46. The summed E-state index contributed by atoms with van der Waals surface area (Å²) < 4.78 is 23.8. The van der Waals surface area contributed by atoms with Gasteiger partial charge in [0.05, 0.1) is 30.8 Å². The minimum absolute atomic E-state index is 0.0114. The predicted molar refractivity (Wildman–Crippen MR) is 83.4 cm³/mol. The highest BCUT2D eigenvalue weighted by Crippen LogP contribution is 2.29. The van der Waals surface area contributed by atoms with Gasteiger partial charge in [0.25, 0.3) is 0 Å². The fourth-order valence-electron chi connectivity index (χ4n) is 3.76. The van der Waals surface area contributed by atoms with Crippen LogP contribution in [-0.4, -0.2) is 62.6 Å². The van der Waals surface area contributed by atoms with Crippen LogP contribution < -0.4 is 10.2 Å². The van der Waals surface area contributed by atoms with Crippen molar-refractivity contribution in [2.45, 2.75) is 18.5 Å². The molecule has 118 valence electrons. The van der Waals surface area contributed by atoms with E-state index in [1.807, 2.05) is 12.1 Å². The van der Waals surface area contributed by atoms with Gasteiger partial charge in [-0.15, -0.1) is 0 Å². The van der Waals surface area contributed by atoms with Crippen molar-refractivity contribution in [1.82, 2.24) is 10.2 Å². The third-order valence-electron chi connectivity index (χ3n) is 4.87. The molecule has 4 rings (SSSR count). The zero-order valence-electron chi connectivity index (χ0n) is 12.2. The lowest BCUT2D eigenvalue weighted by atomic mass is 10.1. The van der Waals surface area contributed by atoms with E-state index < -0.39 is 9.84 Å². The van der Waals surface area contributed by atoms with Gasteiger partial charge in [0.2, 0.25) is 5.91 Å². The third-order valence-corrected chi connectivity index (χ3v) is 6.58. The van der Waals surface area contributed by atoms with Crippen LogP contribution in [0.15, 0.2) is 24.3 Å². The van der Waals surface area contributed by atoms with Crippen molar-refractivity contribution >= 4 is 21.4 Å². The van der Waals surface area contributed by atoms with E-state index in [1.54, 1.807) is 4.90 Å². The molecule has 3 aliphatic rings. The van der Waals surface area contributed by atoms with Gasteiger partial charge >= 0.3 is 0 Å². The minimum Gasteiger partial charge on any atom is -0.353 e. The number of nitrogens with one attached hydrogen (secondary N) is 1. The summed E-state index contributed by atoms with van der Waals surface area (Å²) in [6.45, 7) is 1.58. The lowest BCUT2D eigenvalue weighted by Crippen LogP contribution is -2.62. The van der Waals surface area contributed by atoms with Crippen LogP contribution in [0.1, 0.15) is 5.56 Å². The molecule has 3 heterocycles. The van der Waals surface area contributed by atoms with E-state index in [2.05, 4.69) is 22.3 Å². The number of carbonyl (C=O) groups is 1. The molecule has 0 saturated carbocycles. The van der Waals surface area contributed by atoms with Crippen LogP contribution in [0, 0.1) is 0 Å². The van der Waals surface area contributed by atoms with Gasteiger partial charge in [-0.05, 0) is 18.1 Å². The SMILES string of the molecule is O=C1CNC2CS(=O)(=O)CC2N1CN1CCc2ccccc21. The highest BCUT2D eigenvalue weighted by molar-refractivity contribution is 7.91. The molecule has 1 amide bonds. The van der Waals surface area contributed by atoms with E-state index in [0.717, 1.165) is 18.7 Å². The first-order valence-corrected chi connectivity index (χ1v) is 9.42. The van der Waals surface area contributed by atoms with Crippen molar-refractivity contribution < 1.29 is 13.2 Å². The molecule has 22 heavy (non-hydrogen) atoms. The molecule has 2 fully saturated rings. The fraction of sp³-hybridized carbons (Fsp3) is 0.533. The van der Waals surface area contributed by atoms with Gasteiger partial charge in [-0.25, -0.2) is 8.42 Å². The number of anilines is 1. The first-order valence-electron chi connectivity index (χ1n) is 7.60. The summed E-state index contributed by atoms with van der Waals surface area (Å²) in [7, 11) is -3.05. The number of benzene rings is 1. The maximum atomic E-state index is 12.3. The highest BCUT2D eigenvalue weighted by atomic mass is 32.2. The van der Waals surface area contributed by atoms with Crippen LogP contribution in [0.25, 0.3) is 0 Å². The molecule has 0 bridgehead atoms. The Labute approximate surface area is 130 Å². The second-order valence-electron chi connectivity index (χ2n) is 6.28. The zero-order chi connectivity index (χ0) is 15.3. The summed E-state index contributed by atoms with van der Waals surface area (Å²) in [5.74, 6) is 0.201. The number of sulfone groups is 1. The van der Waals surface area contributed by atoms with E-state index in [-0.39, 0.29) is 36.0 Å². The van der Waals surface area contributed by atoms with E-state index >= 15 is 0 Å². The molecule has 0 radical (unpaired) electrons. The first-order chi connectivity index (χ1) is 10.5. The molecule has 0 spiro atoms. The Morgan fingerprint density at radius 1 is 1.23 bits per heavy atom. The number of fused-ring (bicyclic) bond motifs is 2. The number of hydrogen-bond donors (Lipinski definition) is 1. The Bertz CT molecular complexity index is 718. The van der Waals surface area contributed by atoms with Crippen LogP contribution in [0.5, 0.6) is 0 Å². The lowest BCUT2D eigenvalue weighted by molar-refractivity contribution is -0.135. The van der Waals surface area contributed by atoms with Crippen molar-refractivity contribution in [2.75, 3.05) is 36.2 Å². The Morgan fingerprint density at radius 2 is 2.05 bits per heavy atom. The van der Waals surface area contributed by atoms with Crippen LogP contribution >= 0.6 is 0 Å². The molecule has 2 atom stereocenters. The molecular formula is C15H19N3O3S. The fourth-order valence-corrected chi connectivity index (χ4v) is 5.71. The van der Waals surface area contributed by atoms with E-state index in [4.69, 9.17) is 0 Å². The summed E-state index contributed by atoms with van der Waals surface area (Å²) in [5, 5.41) is 3.07. The Kier molecular flexibility index (Phi) is 3.16. The number of rotatable bonds is 2. The van der Waals surface area contributed by atoms with Crippen molar-refractivity contribution in [3.8, 4) is 0 Å². The number of nitrogens with zero attached hydrogens (tertiary/aromatic N) is 2. The number of hydrogen-bond acceptors (Lipinski definition) is 5. The van der Waals surface area contributed by atoms with E-state index in [0.29, 0.717) is 6.67 Å². The second kappa shape index (κ2) is 4.96. The Balaban J connectivity index is 1.58. The molecule has 1 N–H and O–H groups in total. The Morgan fingerprint density at radius 3 is 2.91 bits per heavy atom. The molecule has 1 aromatic carbocycles. The van der Waals surface area contributed by atoms with Crippen molar-refractivity contribution in [3.05, 3.63) is 29.8 Å². The van der Waals surface area contributed by atoms with Crippen LogP contribution in [-0.2, 0) is 21.1 Å². The summed E-state index contributed by atoms with van der Waals surface area (Å²) >= 11 is 0. The maximum Gasteiger partial charge on any atom is 0.238 e. The average molecular weight is 321 g/mol. The zero-order valence-corrected chi connectivity index (χ0v) is 13.1. The molecule has 0 aromatic heterocycles. The molecule has 1 aromatic rings. The van der Waals surface area contributed by atoms with Gasteiger partial charge in [0, 0.05) is 18.3 Å². The van der Waals surface area contributed by atoms with Crippen LogP contribution in [0.2, 0.25) is 0 Å². The average Bonchev–Trinajstić information content (AvgIpc) is 3.02. The molecule has 2 unspecified atom stereocenters. The topological polar surface area (TPSA) is 69.7 Å². The van der Waals surface area contributed by atoms with Gasteiger partial charge in [-0.1, -0.05) is 18.2 Å². The lowest BCUT2D eigenvalue weighted by Gasteiger charge is -2.39. The van der Waals surface area contributed by atoms with Crippen LogP contribution in [0.3, 0.4) is 0 Å². The van der Waals surface area contributed by atoms with Crippen molar-refractivity contribution in [2.24, 2.45) is 0 Å². The number of piperazine rings is 1. The molecule has 3 aliphatic heterocycles. The number of carbonyl (C=O) groups excluding carboxylic acids is 1. The van der Waals surface area contributed by atoms with Gasteiger partial charge in [-0.2, -0.15) is 0 Å². The first kappa shape index (κ1) is 14.0. The van der Waals surface area contributed by atoms with Gasteiger partial charge in [0.1, 0.15) is 0 Å². The largest absolute Gasteiger partial charge is 0.353 e. The Hall–Kier alpha value is -1.60. The minimum atomic E-state index is -3.05. The molecule has 6 nitrogen and oxygen atoms in total. The molecule has 7 heteroatoms. The quantitative estimate of drug-likeness (QED) is 0.803. The predicted octanol–water partition coefficient (Wildman–Crippen LogP) is -0.396. The summed E-state index contributed by atoms with van der Waals surface area (Å²) in [6.07, 6.45) is 0.975. The van der Waals surface area contributed by atoms with Gasteiger partial charge in [-0.3, -0.25) is 4.79 Å². The maximum absolute atomic E-state index is 12.3. The smallest absolute Gasteiger partial charge is 0.238 e. The molecule has 2 saturated heterocycles. The molecule has 0 aliphatic carbocycles. The third kappa shape index (κ3) is 2.28. The summed E-state index contributed by atoms with van der Waals surface area (Å²) in [6, 6.07) is 7.84. The standard InChI is InChI=1S/C15H19N3O3S/c19-15-7-16-12-8-22(20,21)9-14(12)18(15)10-17-6-5-11-3-1-2-4-13(11)17/h1-4,12,14,16H,5-10H2. The van der Waals surface area contributed by atoms with Gasteiger partial charge < -0.3 is 15.1 Å². The monoisotopic (exact) mass is 321 g/mol. The van der Waals surface area contributed by atoms with E-state index in [9.17, 15) is 13.2 Å². The van der Waals surface area contributed by atoms with Crippen molar-refractivity contribution in [1.29, 1.82) is 0 Å². The van der Waals surface area contributed by atoms with Crippen molar-refractivity contribution in [3.63, 3.8) is 0 Å². The normalized spacial score (nSPS) is 29.5. The summed E-state index contributed by atoms with van der Waals surface area (Å²) in [4.78, 5) is 16.2. The number of para-hydroxylation sites is 1. The second-order valence-corrected chi connectivity index (χ2v) is 8.43. The van der Waals surface area contributed by atoms with Gasteiger partial charge in [0.15, 0.2) is 9.84 Å². The summed E-state index contributed by atoms with van der Waals surface area (Å²) in [5.41, 5.74) is 2.45. The molecular weight excluding hydrogens is 302 g/mol. The van der Waals surface area contributed by atoms with Crippen LogP contribution in [0.4, 0.5) is 5.69 Å². The van der Waals surface area contributed by atoms with E-state index in [1.165, 1.54) is 5.56 Å². The number of amides is 1.